The number of hydrogen-bond acceptors (Lipinski definition) is 4. The van der Waals surface area contributed by atoms with Crippen LogP contribution >= 0.6 is 0 Å². The van der Waals surface area contributed by atoms with Gasteiger partial charge < -0.3 is 14.0 Å². The van der Waals surface area contributed by atoms with Gasteiger partial charge in [0.1, 0.15) is 0 Å². The molecule has 0 bridgehead atoms. The molecule has 4 rings (SSSR count). The number of fused-ring (bicyclic) bond motifs is 1. The highest BCUT2D eigenvalue weighted by Crippen LogP contribution is 2.21. The minimum absolute atomic E-state index is 0.00452. The first-order valence-electron chi connectivity index (χ1n) is 10.9. The maximum absolute atomic E-state index is 11.7. The minimum atomic E-state index is -0.429. The van der Waals surface area contributed by atoms with Gasteiger partial charge in [-0.1, -0.05) is 72.8 Å². The van der Waals surface area contributed by atoms with Crippen molar-refractivity contribution < 1.29 is 14.3 Å². The van der Waals surface area contributed by atoms with Crippen LogP contribution in [0.1, 0.15) is 34.5 Å². The van der Waals surface area contributed by atoms with Crippen LogP contribution in [0, 0.1) is 0 Å². The van der Waals surface area contributed by atoms with Crippen molar-refractivity contribution >= 4 is 16.7 Å². The topological polar surface area (TPSA) is 53.4 Å². The van der Waals surface area contributed by atoms with Gasteiger partial charge in [-0.3, -0.25) is 0 Å². The Balaban J connectivity index is 1.42. The average Bonchev–Trinajstić information content (AvgIpc) is 3.31. The number of carbonyl (C=O) groups is 1. The third-order valence-electron chi connectivity index (χ3n) is 5.62. The predicted molar refractivity (Wildman–Crippen MR) is 125 cm³/mol. The monoisotopic (exact) mass is 428 g/mol. The van der Waals surface area contributed by atoms with E-state index in [9.17, 15) is 4.79 Å². The minimum Gasteiger partial charge on any atom is -0.464 e. The third-order valence-corrected chi connectivity index (χ3v) is 5.62. The number of methoxy groups -OCH3 is 1. The van der Waals surface area contributed by atoms with E-state index in [0.717, 1.165) is 24.8 Å². The zero-order valence-electron chi connectivity index (χ0n) is 18.3. The summed E-state index contributed by atoms with van der Waals surface area (Å²) in [6.07, 6.45) is 6.29. The van der Waals surface area contributed by atoms with E-state index in [1.807, 2.05) is 22.8 Å². The summed E-state index contributed by atoms with van der Waals surface area (Å²) >= 11 is 0. The summed E-state index contributed by atoms with van der Waals surface area (Å²) in [5, 5.41) is 2.59. The van der Waals surface area contributed by atoms with Crippen molar-refractivity contribution in [2.45, 2.75) is 38.5 Å². The summed E-state index contributed by atoms with van der Waals surface area (Å²) < 4.78 is 13.0. The zero-order chi connectivity index (χ0) is 22.2. The summed E-state index contributed by atoms with van der Waals surface area (Å²) in [5.41, 5.74) is 2.82. The van der Waals surface area contributed by atoms with E-state index in [-0.39, 0.29) is 6.10 Å². The van der Waals surface area contributed by atoms with Crippen LogP contribution in [0.2, 0.25) is 0 Å². The summed E-state index contributed by atoms with van der Waals surface area (Å²) in [7, 11) is 1.36. The first kappa shape index (κ1) is 21.8. The van der Waals surface area contributed by atoms with Gasteiger partial charge in [0.15, 0.2) is 5.69 Å². The normalized spacial score (nSPS) is 12.0. The number of aromatic nitrogens is 2. The summed E-state index contributed by atoms with van der Waals surface area (Å²) in [6, 6.07) is 25.2. The van der Waals surface area contributed by atoms with Crippen molar-refractivity contribution in [2.24, 2.45) is 0 Å². The lowest BCUT2D eigenvalue weighted by Gasteiger charge is -2.19. The lowest BCUT2D eigenvalue weighted by Crippen LogP contribution is -2.20. The molecule has 0 N–H and O–H groups in total. The zero-order valence-corrected chi connectivity index (χ0v) is 18.3. The molecule has 5 heteroatoms. The molecule has 5 nitrogen and oxygen atoms in total. The van der Waals surface area contributed by atoms with Crippen LogP contribution in [0.3, 0.4) is 0 Å². The fourth-order valence-electron chi connectivity index (χ4n) is 3.95. The van der Waals surface area contributed by atoms with Crippen molar-refractivity contribution in [1.29, 1.82) is 0 Å². The van der Waals surface area contributed by atoms with Gasteiger partial charge in [-0.2, -0.15) is 0 Å². The van der Waals surface area contributed by atoms with Crippen molar-refractivity contribution in [3.63, 3.8) is 0 Å². The molecule has 1 atom stereocenters. The molecule has 3 aromatic carbocycles. The highest BCUT2D eigenvalue weighted by atomic mass is 16.5. The molecular formula is C27H28N2O3. The SMILES string of the molecule is COC(=O)c1cn(C[C@H](CCCc2cccc3ccccc23)OCc2ccccc2)cn1. The van der Waals surface area contributed by atoms with E-state index in [1.54, 1.807) is 12.5 Å². The molecule has 0 aliphatic rings. The van der Waals surface area contributed by atoms with Crippen molar-refractivity contribution in [1.82, 2.24) is 9.55 Å². The van der Waals surface area contributed by atoms with Crippen LogP contribution in [0.15, 0.2) is 85.3 Å². The average molecular weight is 429 g/mol. The Morgan fingerprint density at radius 2 is 1.78 bits per heavy atom. The van der Waals surface area contributed by atoms with E-state index >= 15 is 0 Å². The van der Waals surface area contributed by atoms with E-state index in [0.29, 0.717) is 18.8 Å². The number of esters is 1. The first-order valence-corrected chi connectivity index (χ1v) is 10.9. The molecule has 1 heterocycles. The predicted octanol–water partition coefficient (Wildman–Crippen LogP) is 5.43. The Morgan fingerprint density at radius 1 is 1.00 bits per heavy atom. The van der Waals surface area contributed by atoms with E-state index in [1.165, 1.54) is 23.4 Å². The number of imidazole rings is 1. The van der Waals surface area contributed by atoms with Gasteiger partial charge in [-0.25, -0.2) is 9.78 Å². The number of benzene rings is 3. The lowest BCUT2D eigenvalue weighted by molar-refractivity contribution is 0.0225. The molecular weight excluding hydrogens is 400 g/mol. The highest BCUT2D eigenvalue weighted by Gasteiger charge is 2.14. The quantitative estimate of drug-likeness (QED) is 0.316. The Bertz CT molecular complexity index is 1150. The fourth-order valence-corrected chi connectivity index (χ4v) is 3.95. The molecule has 0 aliphatic carbocycles. The Morgan fingerprint density at radius 3 is 2.62 bits per heavy atom. The van der Waals surface area contributed by atoms with E-state index < -0.39 is 5.97 Å². The van der Waals surface area contributed by atoms with Gasteiger partial charge in [0.2, 0.25) is 0 Å². The maximum atomic E-state index is 11.7. The smallest absolute Gasteiger partial charge is 0.358 e. The van der Waals surface area contributed by atoms with E-state index in [4.69, 9.17) is 9.47 Å². The fraction of sp³-hybridized carbons (Fsp3) is 0.259. The van der Waals surface area contributed by atoms with Gasteiger partial charge in [0.05, 0.1) is 26.1 Å². The van der Waals surface area contributed by atoms with Gasteiger partial charge >= 0.3 is 5.97 Å². The van der Waals surface area contributed by atoms with Crippen LogP contribution in [-0.2, 0) is 29.0 Å². The summed E-state index contributed by atoms with van der Waals surface area (Å²) in [4.78, 5) is 15.9. The van der Waals surface area contributed by atoms with E-state index in [2.05, 4.69) is 59.6 Å². The van der Waals surface area contributed by atoms with Crippen LogP contribution in [0.4, 0.5) is 0 Å². The van der Waals surface area contributed by atoms with Crippen LogP contribution in [-0.4, -0.2) is 28.7 Å². The lowest BCUT2D eigenvalue weighted by atomic mass is 9.99. The molecule has 164 valence electrons. The number of ether oxygens (including phenoxy) is 2. The van der Waals surface area contributed by atoms with Crippen molar-refractivity contribution in [3.05, 3.63) is 102 Å². The van der Waals surface area contributed by atoms with Gasteiger partial charge in [0, 0.05) is 12.7 Å². The number of carbonyl (C=O) groups excluding carboxylic acids is 1. The van der Waals surface area contributed by atoms with Crippen LogP contribution in [0.25, 0.3) is 10.8 Å². The Hall–Kier alpha value is -3.44. The third kappa shape index (κ3) is 5.62. The molecule has 0 spiro atoms. The molecule has 4 aromatic rings. The standard InChI is InChI=1S/C27H28N2O3/c1-31-27(30)26-18-29(20-28-26)17-24(32-19-21-9-3-2-4-10-21)15-8-14-23-13-7-12-22-11-5-6-16-25(22)23/h2-7,9-13,16,18,20,24H,8,14-15,17,19H2,1H3/t24-/m0/s1. The van der Waals surface area contributed by atoms with Gasteiger partial charge in [-0.05, 0) is 41.2 Å². The maximum Gasteiger partial charge on any atom is 0.358 e. The van der Waals surface area contributed by atoms with Crippen LogP contribution in [0.5, 0.6) is 0 Å². The largest absolute Gasteiger partial charge is 0.464 e. The molecule has 0 aliphatic heterocycles. The Kier molecular flexibility index (Phi) is 7.31. The van der Waals surface area contributed by atoms with Crippen molar-refractivity contribution in [3.8, 4) is 0 Å². The molecule has 0 amide bonds. The highest BCUT2D eigenvalue weighted by molar-refractivity contribution is 5.86. The van der Waals surface area contributed by atoms with Crippen LogP contribution < -0.4 is 0 Å². The second kappa shape index (κ2) is 10.7. The number of nitrogens with zero attached hydrogens (tertiary/aromatic N) is 2. The number of rotatable bonds is 10. The summed E-state index contributed by atoms with van der Waals surface area (Å²) in [5.74, 6) is -0.429. The second-order valence-electron chi connectivity index (χ2n) is 7.90. The van der Waals surface area contributed by atoms with Crippen molar-refractivity contribution in [2.75, 3.05) is 7.11 Å². The Labute approximate surface area is 188 Å². The second-order valence-corrected chi connectivity index (χ2v) is 7.90. The molecule has 0 radical (unpaired) electrons. The first-order chi connectivity index (χ1) is 15.7. The number of hydrogen-bond donors (Lipinski definition) is 0. The van der Waals surface area contributed by atoms with Gasteiger partial charge in [-0.15, -0.1) is 0 Å². The van der Waals surface area contributed by atoms with Gasteiger partial charge in [0.25, 0.3) is 0 Å². The molecule has 0 saturated carbocycles. The molecule has 32 heavy (non-hydrogen) atoms. The summed E-state index contributed by atoms with van der Waals surface area (Å²) in [6.45, 7) is 1.19. The molecule has 0 fully saturated rings. The molecule has 1 aromatic heterocycles. The molecule has 0 unspecified atom stereocenters. The molecule has 0 saturated heterocycles. The number of aryl methyl sites for hydroxylation is 1.